The molecule has 0 radical (unpaired) electrons. The summed E-state index contributed by atoms with van der Waals surface area (Å²) in [4.78, 5) is 0. The summed E-state index contributed by atoms with van der Waals surface area (Å²) in [6.07, 6.45) is 0.879. The third kappa shape index (κ3) is 3.18. The van der Waals surface area contributed by atoms with Crippen LogP contribution in [0, 0.1) is 11.7 Å². The van der Waals surface area contributed by atoms with Gasteiger partial charge in [0.05, 0.1) is 11.0 Å². The lowest BCUT2D eigenvalue weighted by atomic mass is 10.1. The normalized spacial score (nSPS) is 11.7. The van der Waals surface area contributed by atoms with Crippen molar-refractivity contribution in [3.8, 4) is 0 Å². The molecule has 0 aliphatic rings. The number of hydrogen-bond acceptors (Lipinski definition) is 2. The average molecular weight is 328 g/mol. The molecule has 0 aliphatic carbocycles. The van der Waals surface area contributed by atoms with Crippen LogP contribution in [0.1, 0.15) is 32.1 Å². The summed E-state index contributed by atoms with van der Waals surface area (Å²) < 4.78 is 19.8. The molecule has 0 bridgehead atoms. The van der Waals surface area contributed by atoms with Gasteiger partial charge >= 0.3 is 0 Å². The molecule has 0 amide bonds. The molecule has 1 heterocycles. The number of halogens is 2. The molecule has 1 aromatic heterocycles. The Kier molecular flexibility index (Phi) is 4.63. The van der Waals surface area contributed by atoms with Crippen LogP contribution in [0.4, 0.5) is 4.39 Å². The zero-order valence-corrected chi connectivity index (χ0v) is 13.1. The monoisotopic (exact) mass is 327 g/mol. The number of benzene rings is 1. The van der Waals surface area contributed by atoms with Crippen molar-refractivity contribution in [2.75, 3.05) is 6.54 Å². The third-order valence-electron chi connectivity index (χ3n) is 3.11. The Morgan fingerprint density at radius 2 is 2.11 bits per heavy atom. The van der Waals surface area contributed by atoms with Gasteiger partial charge in [-0.2, -0.15) is 0 Å². The first-order chi connectivity index (χ1) is 9.02. The smallest absolute Gasteiger partial charge is 0.141 e. The maximum Gasteiger partial charge on any atom is 0.141 e. The first-order valence-electron chi connectivity index (χ1n) is 6.63. The summed E-state index contributed by atoms with van der Waals surface area (Å²) in [5, 5.41) is 4.36. The van der Waals surface area contributed by atoms with E-state index in [1.807, 2.05) is 0 Å². The van der Waals surface area contributed by atoms with Gasteiger partial charge in [-0.25, -0.2) is 4.39 Å². The van der Waals surface area contributed by atoms with Crippen LogP contribution in [0.15, 0.2) is 21.0 Å². The Labute approximate surface area is 121 Å². The van der Waals surface area contributed by atoms with Crippen molar-refractivity contribution in [1.29, 1.82) is 0 Å². The Bertz CT molecular complexity index is 577. The van der Waals surface area contributed by atoms with Crippen molar-refractivity contribution in [2.24, 2.45) is 5.92 Å². The summed E-state index contributed by atoms with van der Waals surface area (Å²) in [5.74, 6) is 1.22. The van der Waals surface area contributed by atoms with Crippen molar-refractivity contribution in [1.82, 2.24) is 5.32 Å². The predicted molar refractivity (Wildman–Crippen MR) is 79.8 cm³/mol. The molecule has 0 aliphatic heterocycles. The number of hydrogen-bond donors (Lipinski definition) is 1. The van der Waals surface area contributed by atoms with Crippen LogP contribution in [0.25, 0.3) is 11.0 Å². The van der Waals surface area contributed by atoms with Gasteiger partial charge in [-0.3, -0.25) is 0 Å². The molecule has 0 atom stereocenters. The number of furan rings is 1. The largest absolute Gasteiger partial charge is 0.459 e. The minimum atomic E-state index is -0.286. The summed E-state index contributed by atoms with van der Waals surface area (Å²) >= 11 is 3.23. The molecular weight excluding hydrogens is 309 g/mol. The summed E-state index contributed by atoms with van der Waals surface area (Å²) in [6, 6.07) is 3.25. The van der Waals surface area contributed by atoms with E-state index in [4.69, 9.17) is 4.42 Å². The molecule has 19 heavy (non-hydrogen) atoms. The predicted octanol–water partition coefficient (Wildman–Crippen LogP) is 4.64. The molecule has 2 aromatic rings. The summed E-state index contributed by atoms with van der Waals surface area (Å²) in [6.45, 7) is 8.05. The van der Waals surface area contributed by atoms with Gasteiger partial charge in [-0.1, -0.05) is 20.8 Å². The second kappa shape index (κ2) is 6.06. The highest BCUT2D eigenvalue weighted by Crippen LogP contribution is 2.30. The van der Waals surface area contributed by atoms with E-state index in [2.05, 4.69) is 42.0 Å². The molecule has 0 unspecified atom stereocenters. The van der Waals surface area contributed by atoms with E-state index in [1.165, 1.54) is 6.07 Å². The lowest BCUT2D eigenvalue weighted by Crippen LogP contribution is -2.19. The van der Waals surface area contributed by atoms with Gasteiger partial charge in [-0.05, 0) is 40.9 Å². The number of aryl methyl sites for hydroxylation is 1. The minimum Gasteiger partial charge on any atom is -0.459 e. The van der Waals surface area contributed by atoms with Crippen LogP contribution in [-0.2, 0) is 13.0 Å². The lowest BCUT2D eigenvalue weighted by molar-refractivity contribution is 0.480. The highest BCUT2D eigenvalue weighted by atomic mass is 79.9. The second-order valence-corrected chi connectivity index (χ2v) is 6.00. The van der Waals surface area contributed by atoms with E-state index in [1.54, 1.807) is 6.07 Å². The molecule has 2 nitrogen and oxygen atoms in total. The van der Waals surface area contributed by atoms with E-state index < -0.39 is 0 Å². The topological polar surface area (TPSA) is 25.2 Å². The number of nitrogens with one attached hydrogen (secondary N) is 1. The van der Waals surface area contributed by atoms with Crippen molar-refractivity contribution < 1.29 is 8.81 Å². The molecule has 0 fully saturated rings. The standard InChI is InChI=1S/C15H19BrFNO/c1-4-10-11-5-12(16)13(17)6-14(11)19-15(10)8-18-7-9(2)3/h5-6,9,18H,4,7-8H2,1-3H3. The molecule has 0 saturated carbocycles. The average Bonchev–Trinajstić information content (AvgIpc) is 2.66. The fourth-order valence-electron chi connectivity index (χ4n) is 2.20. The molecule has 104 valence electrons. The Morgan fingerprint density at radius 3 is 2.74 bits per heavy atom. The van der Waals surface area contributed by atoms with Crippen molar-refractivity contribution in [3.63, 3.8) is 0 Å². The summed E-state index contributed by atoms with van der Waals surface area (Å²) in [7, 11) is 0. The zero-order chi connectivity index (χ0) is 14.0. The molecule has 1 aromatic carbocycles. The van der Waals surface area contributed by atoms with Crippen LogP contribution >= 0.6 is 15.9 Å². The maximum atomic E-state index is 13.5. The van der Waals surface area contributed by atoms with Crippen LogP contribution in [0.5, 0.6) is 0 Å². The highest BCUT2D eigenvalue weighted by Gasteiger charge is 2.14. The quantitative estimate of drug-likeness (QED) is 0.865. The van der Waals surface area contributed by atoms with Crippen LogP contribution in [0.3, 0.4) is 0 Å². The van der Waals surface area contributed by atoms with Crippen molar-refractivity contribution in [3.05, 3.63) is 33.7 Å². The summed E-state index contributed by atoms with van der Waals surface area (Å²) in [5.41, 5.74) is 1.78. The van der Waals surface area contributed by atoms with Gasteiger partial charge in [0.1, 0.15) is 17.2 Å². The van der Waals surface area contributed by atoms with Gasteiger partial charge < -0.3 is 9.73 Å². The van der Waals surface area contributed by atoms with E-state index in [0.717, 1.165) is 29.7 Å². The Morgan fingerprint density at radius 1 is 1.37 bits per heavy atom. The highest BCUT2D eigenvalue weighted by molar-refractivity contribution is 9.10. The molecule has 2 rings (SSSR count). The number of rotatable bonds is 5. The van der Waals surface area contributed by atoms with Gasteiger partial charge in [0.2, 0.25) is 0 Å². The molecular formula is C15H19BrFNO. The SMILES string of the molecule is CCc1c(CNCC(C)C)oc2cc(F)c(Br)cc12. The van der Waals surface area contributed by atoms with Gasteiger partial charge in [-0.15, -0.1) is 0 Å². The van der Waals surface area contributed by atoms with E-state index in [0.29, 0.717) is 22.5 Å². The van der Waals surface area contributed by atoms with Crippen molar-refractivity contribution in [2.45, 2.75) is 33.7 Å². The maximum absolute atomic E-state index is 13.5. The fourth-order valence-corrected chi connectivity index (χ4v) is 2.54. The van der Waals surface area contributed by atoms with Gasteiger partial charge in [0.25, 0.3) is 0 Å². The first-order valence-corrected chi connectivity index (χ1v) is 7.42. The second-order valence-electron chi connectivity index (χ2n) is 5.14. The zero-order valence-electron chi connectivity index (χ0n) is 11.5. The minimum absolute atomic E-state index is 0.286. The molecule has 4 heteroatoms. The fraction of sp³-hybridized carbons (Fsp3) is 0.467. The van der Waals surface area contributed by atoms with Crippen LogP contribution in [-0.4, -0.2) is 6.54 Å². The molecule has 0 spiro atoms. The van der Waals surface area contributed by atoms with Crippen LogP contribution in [0.2, 0.25) is 0 Å². The molecule has 1 N–H and O–H groups in total. The lowest BCUT2D eigenvalue weighted by Gasteiger charge is -2.06. The first kappa shape index (κ1) is 14.5. The number of fused-ring (bicyclic) bond motifs is 1. The van der Waals surface area contributed by atoms with Gasteiger partial charge in [0.15, 0.2) is 0 Å². The Balaban J connectivity index is 2.33. The third-order valence-corrected chi connectivity index (χ3v) is 3.72. The van der Waals surface area contributed by atoms with E-state index >= 15 is 0 Å². The van der Waals surface area contributed by atoms with Crippen molar-refractivity contribution >= 4 is 26.9 Å². The van der Waals surface area contributed by atoms with Gasteiger partial charge in [0, 0.05) is 17.0 Å². The molecule has 0 saturated heterocycles. The van der Waals surface area contributed by atoms with E-state index in [9.17, 15) is 4.39 Å². The Hall–Kier alpha value is -0.870. The van der Waals surface area contributed by atoms with E-state index in [-0.39, 0.29) is 5.82 Å². The van der Waals surface area contributed by atoms with Crippen LogP contribution < -0.4 is 5.32 Å².